The molecule has 94 valence electrons. The van der Waals surface area contributed by atoms with Gasteiger partial charge < -0.3 is 0 Å². The van der Waals surface area contributed by atoms with E-state index < -0.39 is 0 Å². The van der Waals surface area contributed by atoms with Gasteiger partial charge in [0.05, 0.1) is 0 Å². The molecule has 0 aliphatic heterocycles. The van der Waals surface area contributed by atoms with Crippen molar-refractivity contribution in [1.29, 1.82) is 0 Å². The SMILES string of the molecule is CCC(C)(C)C(=O)c1ccc(C(C)(C)C)cc1. The van der Waals surface area contributed by atoms with Gasteiger partial charge in [0.2, 0.25) is 0 Å². The summed E-state index contributed by atoms with van der Waals surface area (Å²) >= 11 is 0. The van der Waals surface area contributed by atoms with Gasteiger partial charge in [-0.15, -0.1) is 0 Å². The third-order valence-electron chi connectivity index (χ3n) is 3.51. The van der Waals surface area contributed by atoms with Crippen molar-refractivity contribution in [2.75, 3.05) is 0 Å². The largest absolute Gasteiger partial charge is 0.294 e. The summed E-state index contributed by atoms with van der Waals surface area (Å²) in [7, 11) is 0. The zero-order valence-corrected chi connectivity index (χ0v) is 11.9. The lowest BCUT2D eigenvalue weighted by Gasteiger charge is -2.22. The predicted octanol–water partition coefficient (Wildman–Crippen LogP) is 4.60. The molecule has 0 fully saturated rings. The minimum absolute atomic E-state index is 0.141. The predicted molar refractivity (Wildman–Crippen MR) is 73.5 cm³/mol. The molecule has 0 amide bonds. The topological polar surface area (TPSA) is 17.1 Å². The molecule has 1 aromatic carbocycles. The molecule has 0 heterocycles. The van der Waals surface area contributed by atoms with Crippen molar-refractivity contribution in [1.82, 2.24) is 0 Å². The van der Waals surface area contributed by atoms with Gasteiger partial charge in [-0.2, -0.15) is 0 Å². The number of rotatable bonds is 3. The van der Waals surface area contributed by atoms with Gasteiger partial charge in [-0.3, -0.25) is 4.79 Å². The quantitative estimate of drug-likeness (QED) is 0.696. The van der Waals surface area contributed by atoms with Crippen molar-refractivity contribution >= 4 is 5.78 Å². The lowest BCUT2D eigenvalue weighted by molar-refractivity contribution is 0.0833. The molecule has 0 atom stereocenters. The monoisotopic (exact) mass is 232 g/mol. The van der Waals surface area contributed by atoms with E-state index in [4.69, 9.17) is 0 Å². The van der Waals surface area contributed by atoms with E-state index in [9.17, 15) is 4.79 Å². The Morgan fingerprint density at radius 3 is 1.82 bits per heavy atom. The van der Waals surface area contributed by atoms with Crippen LogP contribution in [0.15, 0.2) is 24.3 Å². The average molecular weight is 232 g/mol. The lowest BCUT2D eigenvalue weighted by Crippen LogP contribution is -2.23. The van der Waals surface area contributed by atoms with E-state index in [0.29, 0.717) is 0 Å². The molecule has 0 aliphatic rings. The second kappa shape index (κ2) is 4.64. The molecule has 1 aromatic rings. The fraction of sp³-hybridized carbons (Fsp3) is 0.562. The summed E-state index contributed by atoms with van der Waals surface area (Å²) in [5, 5.41) is 0. The molecule has 0 radical (unpaired) electrons. The molecule has 0 aromatic heterocycles. The van der Waals surface area contributed by atoms with E-state index in [1.807, 2.05) is 26.0 Å². The van der Waals surface area contributed by atoms with Gasteiger partial charge in [0.25, 0.3) is 0 Å². The molecular weight excluding hydrogens is 208 g/mol. The normalized spacial score (nSPS) is 12.6. The smallest absolute Gasteiger partial charge is 0.168 e. The van der Waals surface area contributed by atoms with E-state index in [-0.39, 0.29) is 16.6 Å². The van der Waals surface area contributed by atoms with Crippen LogP contribution in [0.25, 0.3) is 0 Å². The number of hydrogen-bond donors (Lipinski definition) is 0. The first-order chi connectivity index (χ1) is 7.68. The van der Waals surface area contributed by atoms with E-state index in [0.717, 1.165) is 12.0 Å². The van der Waals surface area contributed by atoms with E-state index in [1.54, 1.807) is 0 Å². The number of ketones is 1. The number of benzene rings is 1. The molecule has 0 N–H and O–H groups in total. The number of carbonyl (C=O) groups excluding carboxylic acids is 1. The molecule has 1 rings (SSSR count). The van der Waals surface area contributed by atoms with Crippen molar-refractivity contribution in [3.8, 4) is 0 Å². The Balaban J connectivity index is 3.00. The number of Topliss-reactive ketones (excluding diaryl/α,β-unsaturated/α-hetero) is 1. The molecule has 0 aliphatic carbocycles. The van der Waals surface area contributed by atoms with Crippen LogP contribution >= 0.6 is 0 Å². The maximum Gasteiger partial charge on any atom is 0.168 e. The molecule has 0 bridgehead atoms. The highest BCUT2D eigenvalue weighted by molar-refractivity contribution is 6.00. The van der Waals surface area contributed by atoms with E-state index in [1.165, 1.54) is 5.56 Å². The summed E-state index contributed by atoms with van der Waals surface area (Å²) in [6.07, 6.45) is 0.868. The van der Waals surface area contributed by atoms with Crippen LogP contribution in [0.2, 0.25) is 0 Å². The fourth-order valence-electron chi connectivity index (χ4n) is 1.67. The van der Waals surface area contributed by atoms with Gasteiger partial charge in [0.1, 0.15) is 0 Å². The first-order valence-electron chi connectivity index (χ1n) is 6.34. The van der Waals surface area contributed by atoms with Gasteiger partial charge in [0.15, 0.2) is 5.78 Å². The van der Waals surface area contributed by atoms with Crippen LogP contribution < -0.4 is 0 Å². The van der Waals surface area contributed by atoms with Crippen molar-refractivity contribution < 1.29 is 4.79 Å². The summed E-state index contributed by atoms with van der Waals surface area (Å²) < 4.78 is 0. The van der Waals surface area contributed by atoms with Crippen LogP contribution in [-0.2, 0) is 5.41 Å². The Morgan fingerprint density at radius 2 is 1.47 bits per heavy atom. The maximum atomic E-state index is 12.3. The number of carbonyl (C=O) groups is 1. The highest BCUT2D eigenvalue weighted by Crippen LogP contribution is 2.27. The van der Waals surface area contributed by atoms with Crippen molar-refractivity contribution in [3.63, 3.8) is 0 Å². The van der Waals surface area contributed by atoms with Gasteiger partial charge >= 0.3 is 0 Å². The molecule has 0 unspecified atom stereocenters. The van der Waals surface area contributed by atoms with Crippen LogP contribution in [-0.4, -0.2) is 5.78 Å². The minimum atomic E-state index is -0.261. The highest BCUT2D eigenvalue weighted by atomic mass is 16.1. The lowest BCUT2D eigenvalue weighted by atomic mass is 9.80. The fourth-order valence-corrected chi connectivity index (χ4v) is 1.67. The molecule has 1 heteroatoms. The Bertz CT molecular complexity index is 391. The van der Waals surface area contributed by atoms with Crippen molar-refractivity contribution in [2.24, 2.45) is 5.41 Å². The Morgan fingerprint density at radius 1 is 1.00 bits per heavy atom. The van der Waals surface area contributed by atoms with Gasteiger partial charge in [0, 0.05) is 11.0 Å². The van der Waals surface area contributed by atoms with Crippen LogP contribution in [0, 0.1) is 5.41 Å². The van der Waals surface area contributed by atoms with Crippen molar-refractivity contribution in [3.05, 3.63) is 35.4 Å². The summed E-state index contributed by atoms with van der Waals surface area (Å²) in [5.41, 5.74) is 1.97. The first kappa shape index (κ1) is 14.0. The second-order valence-electron chi connectivity index (χ2n) is 6.39. The van der Waals surface area contributed by atoms with E-state index in [2.05, 4.69) is 39.8 Å². The Hall–Kier alpha value is -1.11. The summed E-state index contributed by atoms with van der Waals surface area (Å²) in [5.74, 6) is 0.237. The van der Waals surface area contributed by atoms with E-state index >= 15 is 0 Å². The van der Waals surface area contributed by atoms with Crippen LogP contribution in [0.3, 0.4) is 0 Å². The molecule has 17 heavy (non-hydrogen) atoms. The highest BCUT2D eigenvalue weighted by Gasteiger charge is 2.26. The number of hydrogen-bond acceptors (Lipinski definition) is 1. The van der Waals surface area contributed by atoms with Gasteiger partial charge in [-0.05, 0) is 17.4 Å². The minimum Gasteiger partial charge on any atom is -0.294 e. The zero-order chi connectivity index (χ0) is 13.3. The Labute approximate surface area is 105 Å². The summed E-state index contributed by atoms with van der Waals surface area (Å²) in [6, 6.07) is 8.05. The Kier molecular flexibility index (Phi) is 3.81. The maximum absolute atomic E-state index is 12.3. The van der Waals surface area contributed by atoms with Crippen molar-refractivity contribution in [2.45, 2.75) is 53.4 Å². The molecule has 1 nitrogen and oxygen atoms in total. The second-order valence-corrected chi connectivity index (χ2v) is 6.39. The van der Waals surface area contributed by atoms with Gasteiger partial charge in [-0.1, -0.05) is 65.8 Å². The zero-order valence-electron chi connectivity index (χ0n) is 11.9. The third kappa shape index (κ3) is 3.18. The average Bonchev–Trinajstić information content (AvgIpc) is 2.27. The molecular formula is C16H24O. The summed E-state index contributed by atoms with van der Waals surface area (Å²) in [6.45, 7) is 12.6. The van der Waals surface area contributed by atoms with Crippen LogP contribution in [0.5, 0.6) is 0 Å². The van der Waals surface area contributed by atoms with Gasteiger partial charge in [-0.25, -0.2) is 0 Å². The first-order valence-corrected chi connectivity index (χ1v) is 6.34. The summed E-state index contributed by atoms with van der Waals surface area (Å²) in [4.78, 5) is 12.3. The molecule has 0 spiro atoms. The van der Waals surface area contributed by atoms with Crippen LogP contribution in [0.4, 0.5) is 0 Å². The molecule has 0 saturated carbocycles. The standard InChI is InChI=1S/C16H24O/c1-7-16(5,6)14(17)12-8-10-13(11-9-12)15(2,3)4/h8-11H,7H2,1-6H3. The van der Waals surface area contributed by atoms with Crippen LogP contribution in [0.1, 0.15) is 63.9 Å². The third-order valence-corrected chi connectivity index (χ3v) is 3.51. The molecule has 0 saturated heterocycles.